The summed E-state index contributed by atoms with van der Waals surface area (Å²) in [4.78, 5) is 25.8. The first-order valence-corrected chi connectivity index (χ1v) is 30.8. The first-order valence-electron chi connectivity index (χ1n) is 25.0. The van der Waals surface area contributed by atoms with Crippen LogP contribution in [0.5, 0.6) is 17.2 Å². The third-order valence-electron chi connectivity index (χ3n) is 13.4. The number of methoxy groups -OCH3 is 3. The standard InChI is InChI=1S/C52H72FN9O12S2Si/c1-51(2,3)73-50(65)55-29-42(74-77(10,11)52(4,5)6)30-56-75(66,67)45-25-24-44(60-27-26-38(43(53)34-60)28-54-49(63)64)46(48-57-59-62(58-48)33-37-16-22-41(72-9)23-17-37)47(45)76(68,69)61(31-35-12-18-39(70-7)19-13-35)32-36-14-20-40(71-8)21-15-36/h12-25,38,42-43,54,56H,26-34H2,1-11H3,(H,55,65)(H,63,64)/t38-,42-,43+/m1/s1. The number of carboxylic acid groups (broad SMARTS) is 1. The van der Waals surface area contributed by atoms with Crippen LogP contribution >= 0.6 is 0 Å². The SMILES string of the molecule is COc1ccc(CN(Cc2ccc(OC)cc2)S(=O)(=O)c2c(S(=O)(=O)NC[C@@H](CNC(=O)OC(C)(C)C)O[Si](C)(C)C(C)(C)C)ccc(N3CC[C@H](CNC(=O)O)[C@@H](F)C3)c2-c2nnn(Cc3ccc(OC)cc3)n2)cc1. The van der Waals surface area contributed by atoms with Gasteiger partial charge in [-0.15, -0.1) is 10.2 Å². The number of sulfonamides is 2. The molecule has 0 unspecified atom stereocenters. The number of nitrogens with one attached hydrogen (secondary N) is 3. The lowest BCUT2D eigenvalue weighted by molar-refractivity contribution is 0.0498. The zero-order valence-electron chi connectivity index (χ0n) is 45.5. The van der Waals surface area contributed by atoms with Gasteiger partial charge in [-0.3, -0.25) is 0 Å². The number of carbonyl (C=O) groups excluding carboxylic acids is 1. The van der Waals surface area contributed by atoms with E-state index in [0.29, 0.717) is 28.4 Å². The molecular weight excluding hydrogens is 1050 g/mol. The van der Waals surface area contributed by atoms with E-state index in [0.717, 1.165) is 15.9 Å². The molecule has 1 aromatic heterocycles. The van der Waals surface area contributed by atoms with Crippen LogP contribution in [0.4, 0.5) is 19.7 Å². The van der Waals surface area contributed by atoms with Crippen LogP contribution in [0.1, 0.15) is 64.7 Å². The van der Waals surface area contributed by atoms with Crippen LogP contribution in [-0.2, 0) is 48.8 Å². The van der Waals surface area contributed by atoms with Gasteiger partial charge in [-0.1, -0.05) is 57.2 Å². The maximum Gasteiger partial charge on any atom is 0.407 e. The Morgan fingerprint density at radius 3 is 1.84 bits per heavy atom. The summed E-state index contributed by atoms with van der Waals surface area (Å²) in [6.45, 7) is 13.6. The normalized spacial score (nSPS) is 15.9. The maximum atomic E-state index is 16.3. The van der Waals surface area contributed by atoms with Crippen LogP contribution in [0.3, 0.4) is 0 Å². The van der Waals surface area contributed by atoms with Gasteiger partial charge >= 0.3 is 12.2 Å². The second-order valence-electron chi connectivity index (χ2n) is 21.2. The maximum absolute atomic E-state index is 16.3. The van der Waals surface area contributed by atoms with Gasteiger partial charge in [0.15, 0.2) is 8.32 Å². The Hall–Kier alpha value is -6.38. The van der Waals surface area contributed by atoms with Crippen LogP contribution in [0, 0.1) is 5.92 Å². The Balaban J connectivity index is 1.58. The number of alkyl halides is 1. The first kappa shape index (κ1) is 59.9. The molecule has 4 aromatic carbocycles. The number of rotatable bonds is 23. The Morgan fingerprint density at radius 2 is 1.35 bits per heavy atom. The van der Waals surface area contributed by atoms with Crippen molar-refractivity contribution in [1.29, 1.82) is 0 Å². The predicted octanol–water partition coefficient (Wildman–Crippen LogP) is 7.43. The van der Waals surface area contributed by atoms with Gasteiger partial charge in [-0.2, -0.15) is 9.10 Å². The van der Waals surface area contributed by atoms with Crippen molar-refractivity contribution in [1.82, 2.24) is 39.9 Å². The minimum atomic E-state index is -5.08. The number of halogens is 1. The molecule has 0 radical (unpaired) electrons. The number of benzene rings is 4. The van der Waals surface area contributed by atoms with Crippen molar-refractivity contribution in [2.24, 2.45) is 5.92 Å². The highest BCUT2D eigenvalue weighted by molar-refractivity contribution is 7.92. The van der Waals surface area contributed by atoms with E-state index in [4.69, 9.17) is 28.5 Å². The molecule has 3 atom stereocenters. The lowest BCUT2D eigenvalue weighted by Crippen LogP contribution is -2.51. The highest BCUT2D eigenvalue weighted by atomic mass is 32.2. The van der Waals surface area contributed by atoms with Gasteiger partial charge in [0.05, 0.1) is 39.5 Å². The molecule has 1 saturated heterocycles. The highest BCUT2D eigenvalue weighted by Crippen LogP contribution is 2.43. The van der Waals surface area contributed by atoms with Gasteiger partial charge in [0, 0.05) is 57.4 Å². The topological polar surface area (TPSA) is 255 Å². The third-order valence-corrected chi connectivity index (χ3v) is 21.4. The number of tetrazole rings is 1. The van der Waals surface area contributed by atoms with Crippen molar-refractivity contribution >= 4 is 46.2 Å². The van der Waals surface area contributed by atoms with E-state index in [-0.39, 0.29) is 74.3 Å². The second kappa shape index (κ2) is 25.0. The van der Waals surface area contributed by atoms with Crippen molar-refractivity contribution in [3.8, 4) is 28.6 Å². The van der Waals surface area contributed by atoms with Crippen molar-refractivity contribution in [2.45, 2.75) is 113 Å². The molecule has 0 bridgehead atoms. The molecule has 1 aliphatic heterocycles. The number of nitrogens with zero attached hydrogens (tertiary/aromatic N) is 6. The van der Waals surface area contributed by atoms with Crippen LogP contribution in [0.15, 0.2) is 94.7 Å². The van der Waals surface area contributed by atoms with Crippen molar-refractivity contribution in [3.63, 3.8) is 0 Å². The van der Waals surface area contributed by atoms with Crippen LogP contribution in [0.25, 0.3) is 11.4 Å². The number of alkyl carbamates (subject to hydrolysis) is 1. The van der Waals surface area contributed by atoms with E-state index < -0.39 is 80.7 Å². The molecule has 1 aliphatic rings. The Labute approximate surface area is 452 Å². The van der Waals surface area contributed by atoms with Crippen molar-refractivity contribution in [3.05, 3.63) is 102 Å². The molecule has 1 fully saturated rings. The molecule has 0 saturated carbocycles. The van der Waals surface area contributed by atoms with Crippen LogP contribution < -0.4 is 34.5 Å². The zero-order chi connectivity index (χ0) is 56.5. The third kappa shape index (κ3) is 15.9. The minimum absolute atomic E-state index is 0.0521. The fourth-order valence-electron chi connectivity index (χ4n) is 8.19. The highest BCUT2D eigenvalue weighted by Gasteiger charge is 2.42. The molecule has 0 aliphatic carbocycles. The number of hydrogen-bond acceptors (Lipinski definition) is 15. The minimum Gasteiger partial charge on any atom is -0.497 e. The number of aromatic nitrogens is 4. The van der Waals surface area contributed by atoms with E-state index in [1.807, 2.05) is 33.9 Å². The first-order chi connectivity index (χ1) is 36.1. The summed E-state index contributed by atoms with van der Waals surface area (Å²) < 4.78 is 112. The molecule has 0 spiro atoms. The number of ether oxygens (including phenoxy) is 4. The fraction of sp³-hybridized carbons (Fsp3) is 0.481. The van der Waals surface area contributed by atoms with E-state index >= 15 is 21.2 Å². The summed E-state index contributed by atoms with van der Waals surface area (Å²) in [6, 6.07) is 23.1. The molecule has 2 amide bonds. The summed E-state index contributed by atoms with van der Waals surface area (Å²) in [5.74, 6) is 0.623. The lowest BCUT2D eigenvalue weighted by Gasteiger charge is -2.39. The van der Waals surface area contributed by atoms with Crippen LogP contribution in [0.2, 0.25) is 18.1 Å². The summed E-state index contributed by atoms with van der Waals surface area (Å²) in [5, 5.41) is 27.3. The fourth-order valence-corrected chi connectivity index (χ4v) is 13.0. The summed E-state index contributed by atoms with van der Waals surface area (Å²) >= 11 is 0. The summed E-state index contributed by atoms with van der Waals surface area (Å²) in [6.07, 6.45) is -4.51. The lowest BCUT2D eigenvalue weighted by atomic mass is 9.94. The molecule has 420 valence electrons. The quantitative estimate of drug-likeness (QED) is 0.0464. The van der Waals surface area contributed by atoms with Gasteiger partial charge in [-0.25, -0.2) is 35.5 Å². The zero-order valence-corrected chi connectivity index (χ0v) is 48.1. The number of anilines is 1. The van der Waals surface area contributed by atoms with Gasteiger partial charge in [0.2, 0.25) is 25.9 Å². The van der Waals surface area contributed by atoms with Crippen molar-refractivity contribution in [2.75, 3.05) is 59.0 Å². The molecule has 4 N–H and O–H groups in total. The molecule has 21 nitrogen and oxygen atoms in total. The summed E-state index contributed by atoms with van der Waals surface area (Å²) in [5.41, 5.74) is 0.725. The molecular formula is C52H72FN9O12S2Si. The summed E-state index contributed by atoms with van der Waals surface area (Å²) in [7, 11) is -8.16. The number of piperidine rings is 1. The average Bonchev–Trinajstić information content (AvgIpc) is 3.84. The Morgan fingerprint density at radius 1 is 0.805 bits per heavy atom. The largest absolute Gasteiger partial charge is 0.497 e. The van der Waals surface area contributed by atoms with E-state index in [9.17, 15) is 14.7 Å². The van der Waals surface area contributed by atoms with E-state index in [1.165, 1.54) is 32.2 Å². The average molecular weight is 1130 g/mol. The van der Waals surface area contributed by atoms with Crippen molar-refractivity contribution < 1.29 is 59.3 Å². The number of amides is 2. The predicted molar refractivity (Wildman–Crippen MR) is 291 cm³/mol. The smallest absolute Gasteiger partial charge is 0.407 e. The van der Waals surface area contributed by atoms with Gasteiger partial charge in [0.25, 0.3) is 0 Å². The van der Waals surface area contributed by atoms with Gasteiger partial charge < -0.3 is 44.0 Å². The molecule has 77 heavy (non-hydrogen) atoms. The van der Waals surface area contributed by atoms with E-state index in [2.05, 4.69) is 25.7 Å². The Bertz CT molecular complexity index is 2980. The number of hydrogen-bond donors (Lipinski definition) is 4. The molecule has 2 heterocycles. The molecule has 5 aromatic rings. The number of carbonyl (C=O) groups is 2. The monoisotopic (exact) mass is 1130 g/mol. The van der Waals surface area contributed by atoms with Gasteiger partial charge in [-0.05, 0) is 116 Å². The van der Waals surface area contributed by atoms with E-state index in [1.54, 1.807) is 98.5 Å². The van der Waals surface area contributed by atoms with Crippen LogP contribution in [-0.4, -0.2) is 139 Å². The van der Waals surface area contributed by atoms with Gasteiger partial charge in [0.1, 0.15) is 38.8 Å². The second-order valence-corrected chi connectivity index (χ2v) is 29.5. The Kier molecular flexibility index (Phi) is 19.4. The molecule has 6 rings (SSSR count). The molecule has 25 heteroatoms.